The van der Waals surface area contributed by atoms with E-state index in [9.17, 15) is 9.59 Å². The third kappa shape index (κ3) is 2.67. The van der Waals surface area contributed by atoms with Crippen molar-refractivity contribution >= 4 is 23.6 Å². The molecule has 1 N–H and O–H groups in total. The molecule has 0 spiro atoms. The maximum Gasteiger partial charge on any atom is 0.246 e. The summed E-state index contributed by atoms with van der Waals surface area (Å²) in [6.45, 7) is 0.944. The normalized spacial score (nSPS) is 21.4. The number of carbonyl (C=O) groups excluding carboxylic acids is 2. The quantitative estimate of drug-likeness (QED) is 0.873. The molecule has 1 aromatic heterocycles. The maximum atomic E-state index is 12.3. The summed E-state index contributed by atoms with van der Waals surface area (Å²) in [5, 5.41) is 7.24. The topological polar surface area (TPSA) is 67.2 Å². The molecule has 1 saturated carbocycles. The van der Waals surface area contributed by atoms with Crippen molar-refractivity contribution in [3.63, 3.8) is 0 Å². The molecule has 7 heteroatoms. The van der Waals surface area contributed by atoms with Gasteiger partial charge in [0.2, 0.25) is 11.8 Å². The molecule has 3 rings (SSSR count). The Bertz CT molecular complexity index is 526. The van der Waals surface area contributed by atoms with Gasteiger partial charge in [0.1, 0.15) is 6.04 Å². The second-order valence-electron chi connectivity index (χ2n) is 5.27. The number of amides is 2. The van der Waals surface area contributed by atoms with E-state index in [1.165, 1.54) is 11.8 Å². The summed E-state index contributed by atoms with van der Waals surface area (Å²) in [5.41, 5.74) is 0.918. The first-order valence-electron chi connectivity index (χ1n) is 6.78. The SMILES string of the molecule is CSCC(=O)N1Cc2ccnn2[C@@H](C(=O)NC2CC2)C1. The van der Waals surface area contributed by atoms with Gasteiger partial charge in [-0.3, -0.25) is 14.3 Å². The Morgan fingerprint density at radius 2 is 2.30 bits per heavy atom. The molecule has 1 aliphatic carbocycles. The molecular formula is C13H18N4O2S. The van der Waals surface area contributed by atoms with Gasteiger partial charge in [-0.05, 0) is 25.2 Å². The molecule has 2 heterocycles. The first-order chi connectivity index (χ1) is 9.69. The van der Waals surface area contributed by atoms with E-state index in [4.69, 9.17) is 0 Å². The lowest BCUT2D eigenvalue weighted by molar-refractivity contribution is -0.133. The van der Waals surface area contributed by atoms with E-state index in [-0.39, 0.29) is 11.8 Å². The predicted octanol–water partition coefficient (Wildman–Crippen LogP) is 0.408. The van der Waals surface area contributed by atoms with E-state index >= 15 is 0 Å². The van der Waals surface area contributed by atoms with Gasteiger partial charge in [0, 0.05) is 12.2 Å². The van der Waals surface area contributed by atoms with Crippen molar-refractivity contribution in [3.8, 4) is 0 Å². The number of fused-ring (bicyclic) bond motifs is 1. The van der Waals surface area contributed by atoms with Gasteiger partial charge in [-0.15, -0.1) is 0 Å². The van der Waals surface area contributed by atoms with Crippen LogP contribution in [0.3, 0.4) is 0 Å². The van der Waals surface area contributed by atoms with Crippen LogP contribution in [0.25, 0.3) is 0 Å². The second-order valence-corrected chi connectivity index (χ2v) is 6.14. The summed E-state index contributed by atoms with van der Waals surface area (Å²) in [5.74, 6) is 0.499. The van der Waals surface area contributed by atoms with Crippen LogP contribution in [0.4, 0.5) is 0 Å². The van der Waals surface area contributed by atoms with Crippen LogP contribution < -0.4 is 5.32 Å². The zero-order valence-electron chi connectivity index (χ0n) is 11.4. The fourth-order valence-electron chi connectivity index (χ4n) is 2.42. The van der Waals surface area contributed by atoms with Crippen LogP contribution in [0.2, 0.25) is 0 Å². The van der Waals surface area contributed by atoms with Gasteiger partial charge in [-0.25, -0.2) is 0 Å². The van der Waals surface area contributed by atoms with Crippen LogP contribution in [0, 0.1) is 0 Å². The third-order valence-electron chi connectivity index (χ3n) is 3.64. The first kappa shape index (κ1) is 13.5. The van der Waals surface area contributed by atoms with Crippen LogP contribution in [-0.2, 0) is 16.1 Å². The lowest BCUT2D eigenvalue weighted by Crippen LogP contribution is -2.47. The van der Waals surface area contributed by atoms with Gasteiger partial charge in [-0.2, -0.15) is 16.9 Å². The molecule has 0 aromatic carbocycles. The molecule has 1 aliphatic heterocycles. The average Bonchev–Trinajstić information content (AvgIpc) is 3.12. The van der Waals surface area contributed by atoms with E-state index in [1.54, 1.807) is 15.8 Å². The van der Waals surface area contributed by atoms with E-state index in [1.807, 2.05) is 12.3 Å². The molecular weight excluding hydrogens is 276 g/mol. The Kier molecular flexibility index (Phi) is 3.69. The summed E-state index contributed by atoms with van der Waals surface area (Å²) in [6.07, 6.45) is 5.71. The van der Waals surface area contributed by atoms with Crippen molar-refractivity contribution in [2.75, 3.05) is 18.6 Å². The van der Waals surface area contributed by atoms with Crippen LogP contribution in [0.5, 0.6) is 0 Å². The van der Waals surface area contributed by atoms with E-state index in [0.29, 0.717) is 24.9 Å². The lowest BCUT2D eigenvalue weighted by atomic mass is 10.1. The molecule has 2 amide bonds. The summed E-state index contributed by atoms with van der Waals surface area (Å²) in [7, 11) is 0. The molecule has 1 fully saturated rings. The summed E-state index contributed by atoms with van der Waals surface area (Å²) >= 11 is 1.50. The van der Waals surface area contributed by atoms with Crippen LogP contribution in [0.15, 0.2) is 12.3 Å². The van der Waals surface area contributed by atoms with Crippen molar-refractivity contribution in [2.45, 2.75) is 31.5 Å². The summed E-state index contributed by atoms with van der Waals surface area (Å²) in [4.78, 5) is 26.2. The maximum absolute atomic E-state index is 12.3. The number of hydrogen-bond acceptors (Lipinski definition) is 4. The Balaban J connectivity index is 1.77. The van der Waals surface area contributed by atoms with E-state index in [0.717, 1.165) is 18.5 Å². The highest BCUT2D eigenvalue weighted by molar-refractivity contribution is 7.99. The Morgan fingerprint density at radius 3 is 3.00 bits per heavy atom. The zero-order valence-corrected chi connectivity index (χ0v) is 12.2. The molecule has 0 bridgehead atoms. The number of hydrogen-bond donors (Lipinski definition) is 1. The number of aromatic nitrogens is 2. The second kappa shape index (κ2) is 5.47. The minimum Gasteiger partial charge on any atom is -0.351 e. The minimum absolute atomic E-state index is 0.0286. The summed E-state index contributed by atoms with van der Waals surface area (Å²) < 4.78 is 1.75. The minimum atomic E-state index is -0.403. The Hall–Kier alpha value is -1.50. The van der Waals surface area contributed by atoms with Gasteiger partial charge in [0.15, 0.2) is 0 Å². The smallest absolute Gasteiger partial charge is 0.246 e. The third-order valence-corrected chi connectivity index (χ3v) is 4.18. The number of nitrogens with zero attached hydrogens (tertiary/aromatic N) is 3. The Labute approximate surface area is 121 Å². The molecule has 108 valence electrons. The molecule has 1 aromatic rings. The number of carbonyl (C=O) groups is 2. The van der Waals surface area contributed by atoms with Gasteiger partial charge < -0.3 is 10.2 Å². The van der Waals surface area contributed by atoms with E-state index < -0.39 is 6.04 Å². The van der Waals surface area contributed by atoms with Crippen LogP contribution in [0.1, 0.15) is 24.6 Å². The Morgan fingerprint density at radius 1 is 1.50 bits per heavy atom. The first-order valence-corrected chi connectivity index (χ1v) is 8.18. The number of thioether (sulfide) groups is 1. The predicted molar refractivity (Wildman–Crippen MR) is 76.2 cm³/mol. The highest BCUT2D eigenvalue weighted by atomic mass is 32.2. The molecule has 0 unspecified atom stereocenters. The van der Waals surface area contributed by atoms with Crippen molar-refractivity contribution in [3.05, 3.63) is 18.0 Å². The molecule has 1 atom stereocenters. The molecule has 20 heavy (non-hydrogen) atoms. The monoisotopic (exact) mass is 294 g/mol. The highest BCUT2D eigenvalue weighted by Crippen LogP contribution is 2.24. The van der Waals surface area contributed by atoms with Gasteiger partial charge in [0.25, 0.3) is 0 Å². The summed E-state index contributed by atoms with van der Waals surface area (Å²) in [6, 6.07) is 1.79. The molecule has 0 saturated heterocycles. The van der Waals surface area contributed by atoms with Crippen molar-refractivity contribution in [1.82, 2.24) is 20.0 Å². The lowest BCUT2D eigenvalue weighted by Gasteiger charge is -2.33. The molecule has 0 radical (unpaired) electrons. The standard InChI is InChI=1S/C13H18N4O2S/c1-20-8-12(18)16-6-10-4-5-14-17(10)11(7-16)13(19)15-9-2-3-9/h4-5,9,11H,2-3,6-8H2,1H3,(H,15,19)/t11-/m1/s1. The van der Waals surface area contributed by atoms with Gasteiger partial charge in [-0.1, -0.05) is 0 Å². The van der Waals surface area contributed by atoms with Crippen molar-refractivity contribution in [1.29, 1.82) is 0 Å². The highest BCUT2D eigenvalue weighted by Gasteiger charge is 2.35. The van der Waals surface area contributed by atoms with Gasteiger partial charge in [0.05, 0.1) is 24.5 Å². The van der Waals surface area contributed by atoms with Crippen LogP contribution in [-0.4, -0.2) is 51.1 Å². The van der Waals surface area contributed by atoms with Crippen molar-refractivity contribution in [2.24, 2.45) is 0 Å². The van der Waals surface area contributed by atoms with Crippen LogP contribution >= 0.6 is 11.8 Å². The van der Waals surface area contributed by atoms with Gasteiger partial charge >= 0.3 is 0 Å². The largest absolute Gasteiger partial charge is 0.351 e. The fraction of sp³-hybridized carbons (Fsp3) is 0.615. The molecule has 6 nitrogen and oxygen atoms in total. The number of nitrogens with one attached hydrogen (secondary N) is 1. The number of rotatable bonds is 4. The zero-order chi connectivity index (χ0) is 14.1. The van der Waals surface area contributed by atoms with E-state index in [2.05, 4.69) is 10.4 Å². The van der Waals surface area contributed by atoms with Crippen molar-refractivity contribution < 1.29 is 9.59 Å². The molecule has 2 aliphatic rings. The fourth-order valence-corrected chi connectivity index (χ4v) is 2.85. The average molecular weight is 294 g/mol.